The number of ether oxygens (including phenoxy) is 1. The molecule has 1 aliphatic carbocycles. The SMILES string of the molecule is Cl.O=C(O)c1ccc2c(c1)nc(-c1ccc(OCc3ccc(C(=O)NCCO)cc3-c3ccc(Cl)cc3)cc1)n2C1CCCCC1. The van der Waals surface area contributed by atoms with Gasteiger partial charge in [-0.1, -0.05) is 49.1 Å². The number of hydrogen-bond acceptors (Lipinski definition) is 5. The molecular formula is C36H35Cl2N3O5. The maximum atomic E-state index is 12.6. The summed E-state index contributed by atoms with van der Waals surface area (Å²) in [5, 5.41) is 21.9. The van der Waals surface area contributed by atoms with Crippen molar-refractivity contribution in [3.63, 3.8) is 0 Å². The highest BCUT2D eigenvalue weighted by molar-refractivity contribution is 6.30. The van der Waals surface area contributed by atoms with Crippen molar-refractivity contribution in [1.29, 1.82) is 0 Å². The molecule has 1 aromatic heterocycles. The molecule has 0 atom stereocenters. The number of rotatable bonds is 10. The summed E-state index contributed by atoms with van der Waals surface area (Å²) in [4.78, 5) is 29.2. The zero-order valence-corrected chi connectivity index (χ0v) is 26.7. The fourth-order valence-corrected chi connectivity index (χ4v) is 6.14. The molecular weight excluding hydrogens is 625 g/mol. The zero-order valence-electron chi connectivity index (χ0n) is 25.1. The lowest BCUT2D eigenvalue weighted by Crippen LogP contribution is -2.26. The highest BCUT2D eigenvalue weighted by Crippen LogP contribution is 2.37. The summed E-state index contributed by atoms with van der Waals surface area (Å²) >= 11 is 6.13. The molecule has 5 aromatic rings. The first-order valence-corrected chi connectivity index (χ1v) is 15.6. The topological polar surface area (TPSA) is 114 Å². The van der Waals surface area contributed by atoms with Crippen LogP contribution in [0.3, 0.4) is 0 Å². The van der Waals surface area contributed by atoms with Crippen LogP contribution >= 0.6 is 24.0 Å². The number of aliphatic hydroxyl groups excluding tert-OH is 1. The van der Waals surface area contributed by atoms with Crippen LogP contribution in [0.1, 0.15) is 64.4 Å². The van der Waals surface area contributed by atoms with Gasteiger partial charge in [0.05, 0.1) is 23.2 Å². The van der Waals surface area contributed by atoms with Gasteiger partial charge in [0, 0.05) is 28.7 Å². The highest BCUT2D eigenvalue weighted by Gasteiger charge is 2.23. The number of aromatic carboxylic acids is 1. The third-order valence-electron chi connectivity index (χ3n) is 8.31. The van der Waals surface area contributed by atoms with Crippen LogP contribution in [0.15, 0.2) is 84.9 Å². The Bertz CT molecular complexity index is 1830. The predicted molar refractivity (Wildman–Crippen MR) is 182 cm³/mol. The first kappa shape index (κ1) is 33.0. The zero-order chi connectivity index (χ0) is 31.3. The standard InChI is InChI=1S/C36H34ClN3O5.ClH/c37-28-13-8-23(9-14-28)31-20-25(35(42)38-18-19-41)6-7-27(31)22-45-30-15-10-24(11-16-30)34-39-32-21-26(36(43)44)12-17-33(32)40(34)29-4-2-1-3-5-29;/h6-17,20-21,29,41H,1-5,18-19,22H2,(H,38,42)(H,43,44);1H. The Kier molecular flexibility index (Phi) is 10.6. The average molecular weight is 661 g/mol. The number of fused-ring (bicyclic) bond motifs is 1. The second kappa shape index (κ2) is 14.8. The number of hydrogen-bond donors (Lipinski definition) is 3. The maximum absolute atomic E-state index is 12.6. The maximum Gasteiger partial charge on any atom is 0.335 e. The summed E-state index contributed by atoms with van der Waals surface area (Å²) in [6, 6.07) is 26.2. The summed E-state index contributed by atoms with van der Waals surface area (Å²) in [5.74, 6) is 0.275. The lowest BCUT2D eigenvalue weighted by Gasteiger charge is -2.25. The summed E-state index contributed by atoms with van der Waals surface area (Å²) in [6.45, 7) is 0.315. The molecule has 0 radical (unpaired) electrons. The van der Waals surface area contributed by atoms with Gasteiger partial charge < -0.3 is 24.8 Å². The van der Waals surface area contributed by atoms with E-state index in [4.69, 9.17) is 26.4 Å². The molecule has 8 nitrogen and oxygen atoms in total. The molecule has 1 saturated carbocycles. The van der Waals surface area contributed by atoms with Gasteiger partial charge in [-0.05, 0) is 96.3 Å². The lowest BCUT2D eigenvalue weighted by atomic mass is 9.95. The number of nitrogens with zero attached hydrogens (tertiary/aromatic N) is 2. The summed E-state index contributed by atoms with van der Waals surface area (Å²) in [7, 11) is 0. The molecule has 0 spiro atoms. The molecule has 0 bridgehead atoms. The van der Waals surface area contributed by atoms with Crippen molar-refractivity contribution >= 4 is 46.9 Å². The number of benzene rings is 4. The van der Waals surface area contributed by atoms with E-state index in [1.807, 2.05) is 66.7 Å². The first-order chi connectivity index (χ1) is 21.9. The molecule has 238 valence electrons. The molecule has 0 saturated heterocycles. The molecule has 1 heterocycles. The molecule has 46 heavy (non-hydrogen) atoms. The summed E-state index contributed by atoms with van der Waals surface area (Å²) in [6.07, 6.45) is 5.69. The van der Waals surface area contributed by atoms with Gasteiger partial charge in [-0.25, -0.2) is 9.78 Å². The average Bonchev–Trinajstić information content (AvgIpc) is 3.46. The molecule has 1 amide bonds. The van der Waals surface area contributed by atoms with Gasteiger partial charge in [-0.3, -0.25) is 4.79 Å². The van der Waals surface area contributed by atoms with Crippen molar-refractivity contribution in [3.05, 3.63) is 107 Å². The van der Waals surface area contributed by atoms with Gasteiger partial charge in [0.2, 0.25) is 0 Å². The number of imidazole rings is 1. The third kappa shape index (κ3) is 7.20. The van der Waals surface area contributed by atoms with Crippen LogP contribution in [-0.2, 0) is 6.61 Å². The third-order valence-corrected chi connectivity index (χ3v) is 8.56. The fourth-order valence-electron chi connectivity index (χ4n) is 6.02. The minimum absolute atomic E-state index is 0. The number of halogens is 2. The van der Waals surface area contributed by atoms with Gasteiger partial charge in [-0.2, -0.15) is 0 Å². The minimum Gasteiger partial charge on any atom is -0.489 e. The quantitative estimate of drug-likeness (QED) is 0.140. The van der Waals surface area contributed by atoms with Crippen LogP contribution in [0.25, 0.3) is 33.5 Å². The van der Waals surface area contributed by atoms with E-state index in [1.54, 1.807) is 18.2 Å². The Morgan fingerprint density at radius 2 is 1.59 bits per heavy atom. The van der Waals surface area contributed by atoms with E-state index in [-0.39, 0.29) is 43.6 Å². The van der Waals surface area contributed by atoms with E-state index in [0.717, 1.165) is 59.3 Å². The van der Waals surface area contributed by atoms with E-state index < -0.39 is 5.97 Å². The predicted octanol–water partition coefficient (Wildman–Crippen LogP) is 7.95. The Balaban J connectivity index is 0.00000417. The summed E-state index contributed by atoms with van der Waals surface area (Å²) < 4.78 is 8.51. The number of carbonyl (C=O) groups excluding carboxylic acids is 1. The molecule has 1 aliphatic rings. The molecule has 4 aromatic carbocycles. The second-order valence-electron chi connectivity index (χ2n) is 11.3. The lowest BCUT2D eigenvalue weighted by molar-refractivity contribution is 0.0696. The van der Waals surface area contributed by atoms with Gasteiger partial charge in [0.15, 0.2) is 0 Å². The number of aliphatic hydroxyl groups is 1. The van der Waals surface area contributed by atoms with Crippen molar-refractivity contribution in [1.82, 2.24) is 14.9 Å². The van der Waals surface area contributed by atoms with Crippen molar-refractivity contribution in [2.75, 3.05) is 13.2 Å². The number of carboxylic acids is 1. The van der Waals surface area contributed by atoms with Crippen molar-refractivity contribution in [2.24, 2.45) is 0 Å². The number of carboxylic acid groups (broad SMARTS) is 1. The smallest absolute Gasteiger partial charge is 0.335 e. The van der Waals surface area contributed by atoms with Crippen LogP contribution in [-0.4, -0.2) is 44.8 Å². The Hall–Kier alpha value is -4.37. The van der Waals surface area contributed by atoms with Gasteiger partial charge in [0.25, 0.3) is 5.91 Å². The Morgan fingerprint density at radius 1 is 0.891 bits per heavy atom. The molecule has 10 heteroatoms. The first-order valence-electron chi connectivity index (χ1n) is 15.2. The van der Waals surface area contributed by atoms with Gasteiger partial charge >= 0.3 is 5.97 Å². The van der Waals surface area contributed by atoms with E-state index in [2.05, 4.69) is 9.88 Å². The van der Waals surface area contributed by atoms with Crippen LogP contribution in [0.2, 0.25) is 5.02 Å². The molecule has 0 aliphatic heterocycles. The summed E-state index contributed by atoms with van der Waals surface area (Å²) in [5.41, 5.74) is 5.92. The number of nitrogens with one attached hydrogen (secondary N) is 1. The van der Waals surface area contributed by atoms with Crippen LogP contribution in [0.4, 0.5) is 0 Å². The van der Waals surface area contributed by atoms with Crippen LogP contribution in [0, 0.1) is 0 Å². The number of aromatic nitrogens is 2. The van der Waals surface area contributed by atoms with E-state index in [9.17, 15) is 14.7 Å². The monoisotopic (exact) mass is 659 g/mol. The molecule has 3 N–H and O–H groups in total. The minimum atomic E-state index is -0.967. The Morgan fingerprint density at radius 3 is 2.28 bits per heavy atom. The van der Waals surface area contributed by atoms with Gasteiger partial charge in [0.1, 0.15) is 18.2 Å². The van der Waals surface area contributed by atoms with Crippen molar-refractivity contribution in [2.45, 2.75) is 44.8 Å². The molecule has 1 fully saturated rings. The molecule has 6 rings (SSSR count). The molecule has 0 unspecified atom stereocenters. The van der Waals surface area contributed by atoms with Gasteiger partial charge in [-0.15, -0.1) is 12.4 Å². The highest BCUT2D eigenvalue weighted by atomic mass is 35.5. The van der Waals surface area contributed by atoms with Crippen LogP contribution < -0.4 is 10.1 Å². The second-order valence-corrected chi connectivity index (χ2v) is 11.7. The number of carbonyl (C=O) groups is 2. The number of amides is 1. The van der Waals surface area contributed by atoms with E-state index in [0.29, 0.717) is 27.9 Å². The van der Waals surface area contributed by atoms with Crippen molar-refractivity contribution in [3.8, 4) is 28.3 Å². The normalized spacial score (nSPS) is 13.3. The van der Waals surface area contributed by atoms with E-state index in [1.165, 1.54) is 6.42 Å². The van der Waals surface area contributed by atoms with Crippen LogP contribution in [0.5, 0.6) is 5.75 Å². The fraction of sp³-hybridized carbons (Fsp3) is 0.250. The Labute approximate surface area is 278 Å². The van der Waals surface area contributed by atoms with Crippen molar-refractivity contribution < 1.29 is 24.5 Å². The van der Waals surface area contributed by atoms with E-state index >= 15 is 0 Å². The largest absolute Gasteiger partial charge is 0.489 e.